The molecule has 8 heteroatoms. The average molecular weight is 465 g/mol. The number of fused-ring (bicyclic) bond motifs is 1. The zero-order valence-corrected chi connectivity index (χ0v) is 19.2. The summed E-state index contributed by atoms with van der Waals surface area (Å²) in [6.07, 6.45) is -0.191. The second-order valence-electron chi connectivity index (χ2n) is 8.09. The predicted octanol–water partition coefficient (Wildman–Crippen LogP) is 3.39. The number of aliphatic hydroxyl groups is 1. The number of aromatic nitrogens is 1. The minimum atomic E-state index is -0.602. The number of ketones is 1. The Kier molecular flexibility index (Phi) is 7.18. The van der Waals surface area contributed by atoms with Crippen molar-refractivity contribution in [3.05, 3.63) is 77.1 Å². The van der Waals surface area contributed by atoms with Crippen LogP contribution in [0.5, 0.6) is 11.5 Å². The largest absolute Gasteiger partial charge is 0.486 e. The molecule has 0 aliphatic carbocycles. The number of aliphatic hydroxyl groups excluding tert-OH is 1. The van der Waals surface area contributed by atoms with Crippen molar-refractivity contribution in [2.24, 2.45) is 0 Å². The van der Waals surface area contributed by atoms with E-state index < -0.39 is 5.97 Å². The molecule has 8 nitrogen and oxygen atoms in total. The zero-order valence-electron chi connectivity index (χ0n) is 19.2. The Morgan fingerprint density at radius 2 is 1.82 bits per heavy atom. The van der Waals surface area contributed by atoms with E-state index in [2.05, 4.69) is 5.32 Å². The SMILES string of the molecule is Cc1cc(C(=O)COC(=O)c2ccccc2NCCO)c(C)n1C[C@@H]1COc2ccccc2O1. The number of Topliss-reactive ketones (excluding diaryl/α,β-unsaturated/α-hetero) is 1. The molecule has 0 spiro atoms. The summed E-state index contributed by atoms with van der Waals surface area (Å²) in [5.41, 5.74) is 3.06. The van der Waals surface area contributed by atoms with Crippen molar-refractivity contribution in [2.45, 2.75) is 26.5 Å². The monoisotopic (exact) mass is 464 g/mol. The fraction of sp³-hybridized carbons (Fsp3) is 0.308. The lowest BCUT2D eigenvalue weighted by molar-refractivity contribution is 0.0475. The van der Waals surface area contributed by atoms with Gasteiger partial charge in [-0.25, -0.2) is 4.79 Å². The summed E-state index contributed by atoms with van der Waals surface area (Å²) in [7, 11) is 0. The van der Waals surface area contributed by atoms with Crippen molar-refractivity contribution < 1.29 is 28.9 Å². The van der Waals surface area contributed by atoms with Crippen LogP contribution in [0.3, 0.4) is 0 Å². The highest BCUT2D eigenvalue weighted by molar-refractivity contribution is 6.01. The van der Waals surface area contributed by atoms with Crippen LogP contribution in [-0.4, -0.2) is 53.9 Å². The Morgan fingerprint density at radius 1 is 1.09 bits per heavy atom. The summed E-state index contributed by atoms with van der Waals surface area (Å²) in [4.78, 5) is 25.5. The Hall–Kier alpha value is -3.78. The van der Waals surface area contributed by atoms with Crippen molar-refractivity contribution in [2.75, 3.05) is 31.7 Å². The fourth-order valence-corrected chi connectivity index (χ4v) is 4.01. The van der Waals surface area contributed by atoms with Crippen LogP contribution in [0.15, 0.2) is 54.6 Å². The van der Waals surface area contributed by atoms with Gasteiger partial charge in [-0.1, -0.05) is 24.3 Å². The highest BCUT2D eigenvalue weighted by atomic mass is 16.6. The molecule has 1 aliphatic rings. The molecule has 1 atom stereocenters. The molecule has 1 aromatic heterocycles. The first kappa shape index (κ1) is 23.4. The van der Waals surface area contributed by atoms with E-state index in [0.29, 0.717) is 42.3 Å². The molecule has 3 aromatic rings. The molecule has 0 bridgehead atoms. The number of nitrogens with one attached hydrogen (secondary N) is 1. The first-order valence-electron chi connectivity index (χ1n) is 11.2. The van der Waals surface area contributed by atoms with E-state index in [9.17, 15) is 9.59 Å². The standard InChI is InChI=1S/C26H28N2O6/c1-17-13-21(18(2)28(17)14-19-15-32-24-9-5-6-10-25(24)34-19)23(30)16-33-26(31)20-7-3-4-8-22(20)27-11-12-29/h3-10,13,19,27,29H,11-12,14-16H2,1-2H3/t19-/m1/s1. The smallest absolute Gasteiger partial charge is 0.340 e. The maximum Gasteiger partial charge on any atom is 0.340 e. The Labute approximate surface area is 198 Å². The molecule has 0 amide bonds. The maximum absolute atomic E-state index is 12.9. The second kappa shape index (κ2) is 10.4. The average Bonchev–Trinajstić information content (AvgIpc) is 3.14. The zero-order chi connectivity index (χ0) is 24.1. The minimum Gasteiger partial charge on any atom is -0.486 e. The summed E-state index contributed by atoms with van der Waals surface area (Å²) < 4.78 is 19.2. The highest BCUT2D eigenvalue weighted by Crippen LogP contribution is 2.31. The summed E-state index contributed by atoms with van der Waals surface area (Å²) >= 11 is 0. The van der Waals surface area contributed by atoms with E-state index in [4.69, 9.17) is 19.3 Å². The highest BCUT2D eigenvalue weighted by Gasteiger charge is 2.24. The molecule has 1 aliphatic heterocycles. The number of esters is 1. The van der Waals surface area contributed by atoms with Gasteiger partial charge >= 0.3 is 5.97 Å². The second-order valence-corrected chi connectivity index (χ2v) is 8.09. The van der Waals surface area contributed by atoms with Crippen LogP contribution in [0, 0.1) is 13.8 Å². The summed E-state index contributed by atoms with van der Waals surface area (Å²) in [6.45, 7) is 4.61. The van der Waals surface area contributed by atoms with Gasteiger partial charge < -0.3 is 29.2 Å². The molecule has 0 saturated heterocycles. The molecular weight excluding hydrogens is 436 g/mol. The lowest BCUT2D eigenvalue weighted by Crippen LogP contribution is -2.33. The van der Waals surface area contributed by atoms with Crippen molar-refractivity contribution >= 4 is 17.4 Å². The van der Waals surface area contributed by atoms with Gasteiger partial charge in [0.15, 0.2) is 24.2 Å². The molecule has 2 aromatic carbocycles. The first-order chi connectivity index (χ1) is 16.5. The van der Waals surface area contributed by atoms with E-state index in [1.807, 2.05) is 42.7 Å². The van der Waals surface area contributed by atoms with Gasteiger partial charge in [0.25, 0.3) is 0 Å². The number of nitrogens with zero attached hydrogens (tertiary/aromatic N) is 1. The van der Waals surface area contributed by atoms with Gasteiger partial charge in [0.05, 0.1) is 18.7 Å². The summed E-state index contributed by atoms with van der Waals surface area (Å²) in [5, 5.41) is 12.0. The third-order valence-electron chi connectivity index (χ3n) is 5.74. The molecule has 0 fully saturated rings. The van der Waals surface area contributed by atoms with Crippen LogP contribution in [0.4, 0.5) is 5.69 Å². The molecule has 2 heterocycles. The number of rotatable bonds is 9. The Bertz CT molecular complexity index is 1190. The number of anilines is 1. The van der Waals surface area contributed by atoms with Gasteiger partial charge in [0.1, 0.15) is 6.61 Å². The molecule has 0 unspecified atom stereocenters. The van der Waals surface area contributed by atoms with Gasteiger partial charge in [0, 0.05) is 29.2 Å². The Balaban J connectivity index is 1.40. The summed E-state index contributed by atoms with van der Waals surface area (Å²) in [6, 6.07) is 16.2. The van der Waals surface area contributed by atoms with E-state index in [1.165, 1.54) is 0 Å². The van der Waals surface area contributed by atoms with Gasteiger partial charge in [-0.3, -0.25) is 4.79 Å². The van der Waals surface area contributed by atoms with Gasteiger partial charge in [0.2, 0.25) is 5.78 Å². The number of para-hydroxylation sites is 3. The molecule has 178 valence electrons. The van der Waals surface area contributed by atoms with Crippen molar-refractivity contribution in [3.63, 3.8) is 0 Å². The fourth-order valence-electron chi connectivity index (χ4n) is 4.01. The van der Waals surface area contributed by atoms with Crippen LogP contribution < -0.4 is 14.8 Å². The third kappa shape index (κ3) is 5.07. The molecule has 2 N–H and O–H groups in total. The van der Waals surface area contributed by atoms with Crippen molar-refractivity contribution in [1.82, 2.24) is 4.57 Å². The summed E-state index contributed by atoms with van der Waals surface area (Å²) in [5.74, 6) is 0.554. The van der Waals surface area contributed by atoms with Crippen molar-refractivity contribution in [1.29, 1.82) is 0 Å². The van der Waals surface area contributed by atoms with Gasteiger partial charge in [-0.05, 0) is 44.2 Å². The normalized spacial score (nSPS) is 14.5. The van der Waals surface area contributed by atoms with Gasteiger partial charge in [-0.15, -0.1) is 0 Å². The molecular formula is C26H28N2O6. The third-order valence-corrected chi connectivity index (χ3v) is 5.74. The van der Waals surface area contributed by atoms with Crippen LogP contribution in [0.2, 0.25) is 0 Å². The topological polar surface area (TPSA) is 99.0 Å². The van der Waals surface area contributed by atoms with Crippen LogP contribution >= 0.6 is 0 Å². The van der Waals surface area contributed by atoms with Crippen molar-refractivity contribution in [3.8, 4) is 11.5 Å². The van der Waals surface area contributed by atoms with E-state index in [1.54, 1.807) is 30.3 Å². The quantitative estimate of drug-likeness (QED) is 0.370. The lowest BCUT2D eigenvalue weighted by atomic mass is 10.1. The number of hydrogen-bond acceptors (Lipinski definition) is 7. The first-order valence-corrected chi connectivity index (χ1v) is 11.2. The van der Waals surface area contributed by atoms with Crippen LogP contribution in [-0.2, 0) is 11.3 Å². The lowest BCUT2D eigenvalue weighted by Gasteiger charge is -2.27. The molecule has 34 heavy (non-hydrogen) atoms. The van der Waals surface area contributed by atoms with Gasteiger partial charge in [-0.2, -0.15) is 0 Å². The van der Waals surface area contributed by atoms with E-state index in [0.717, 1.165) is 17.1 Å². The number of carbonyl (C=O) groups excluding carboxylic acids is 2. The minimum absolute atomic E-state index is 0.0674. The number of benzene rings is 2. The number of carbonyl (C=O) groups is 2. The number of hydrogen-bond donors (Lipinski definition) is 2. The van der Waals surface area contributed by atoms with Crippen LogP contribution in [0.25, 0.3) is 0 Å². The van der Waals surface area contributed by atoms with E-state index in [-0.39, 0.29) is 25.1 Å². The van der Waals surface area contributed by atoms with Crippen LogP contribution in [0.1, 0.15) is 32.1 Å². The molecule has 4 rings (SSSR count). The molecule has 0 saturated carbocycles. The Morgan fingerprint density at radius 3 is 2.62 bits per heavy atom. The number of aryl methyl sites for hydroxylation is 1. The maximum atomic E-state index is 12.9. The molecule has 0 radical (unpaired) electrons. The number of ether oxygens (including phenoxy) is 3. The predicted molar refractivity (Wildman–Crippen MR) is 127 cm³/mol. The van der Waals surface area contributed by atoms with E-state index >= 15 is 0 Å².